The Labute approximate surface area is 87.7 Å². The fraction of sp³-hybridized carbons (Fsp3) is 0.833. The van der Waals surface area contributed by atoms with Crippen molar-refractivity contribution in [1.82, 2.24) is 5.32 Å². The van der Waals surface area contributed by atoms with E-state index in [0.717, 1.165) is 26.0 Å². The molecule has 82 valence electrons. The molecule has 0 aromatic heterocycles. The number of hydrogen-bond donors (Lipinski definition) is 1. The van der Waals surface area contributed by atoms with Gasteiger partial charge in [0, 0.05) is 12.6 Å². The Morgan fingerprint density at radius 3 is 2.93 bits per heavy atom. The molecular formula is C12H23NO. The van der Waals surface area contributed by atoms with Gasteiger partial charge in [-0.1, -0.05) is 19.9 Å². The van der Waals surface area contributed by atoms with Crippen molar-refractivity contribution < 1.29 is 4.74 Å². The lowest BCUT2D eigenvalue weighted by molar-refractivity contribution is 0.0591. The Hall–Kier alpha value is -0.340. The fourth-order valence-electron chi connectivity index (χ4n) is 2.17. The van der Waals surface area contributed by atoms with Gasteiger partial charge in [0.2, 0.25) is 0 Å². The maximum Gasteiger partial charge on any atom is 0.0754 e. The lowest BCUT2D eigenvalue weighted by atomic mass is 9.94. The molecular weight excluding hydrogens is 174 g/mol. The summed E-state index contributed by atoms with van der Waals surface area (Å²) in [7, 11) is 0. The minimum absolute atomic E-state index is 0.412. The zero-order chi connectivity index (χ0) is 10.4. The van der Waals surface area contributed by atoms with Gasteiger partial charge in [0.1, 0.15) is 0 Å². The molecule has 0 bridgehead atoms. The van der Waals surface area contributed by atoms with Crippen LogP contribution in [0.5, 0.6) is 0 Å². The van der Waals surface area contributed by atoms with Crippen LogP contribution in [0.15, 0.2) is 12.7 Å². The molecule has 1 aliphatic heterocycles. The Bertz CT molecular complexity index is 170. The smallest absolute Gasteiger partial charge is 0.0754 e. The molecule has 1 heterocycles. The molecule has 0 aromatic carbocycles. The number of ether oxygens (including phenoxy) is 1. The Morgan fingerprint density at radius 2 is 2.43 bits per heavy atom. The largest absolute Gasteiger partial charge is 0.376 e. The van der Waals surface area contributed by atoms with Gasteiger partial charge in [-0.3, -0.25) is 0 Å². The van der Waals surface area contributed by atoms with Crippen molar-refractivity contribution in [2.24, 2.45) is 5.92 Å². The molecule has 1 aliphatic rings. The van der Waals surface area contributed by atoms with Gasteiger partial charge < -0.3 is 10.1 Å². The topological polar surface area (TPSA) is 21.3 Å². The summed E-state index contributed by atoms with van der Waals surface area (Å²) in [6.45, 7) is 10.2. The molecule has 0 radical (unpaired) electrons. The minimum atomic E-state index is 0.412. The third kappa shape index (κ3) is 3.10. The van der Waals surface area contributed by atoms with E-state index < -0.39 is 0 Å². The first-order chi connectivity index (χ1) is 6.79. The van der Waals surface area contributed by atoms with Crippen LogP contribution in [0.4, 0.5) is 0 Å². The molecule has 0 aromatic rings. The second-order valence-corrected chi connectivity index (χ2v) is 4.13. The highest BCUT2D eigenvalue weighted by Gasteiger charge is 2.30. The Balaban J connectivity index is 2.42. The van der Waals surface area contributed by atoms with E-state index in [2.05, 4.69) is 25.7 Å². The van der Waals surface area contributed by atoms with E-state index in [-0.39, 0.29) is 0 Å². The van der Waals surface area contributed by atoms with Crippen molar-refractivity contribution in [2.45, 2.75) is 45.3 Å². The third-order valence-corrected chi connectivity index (χ3v) is 2.99. The molecule has 3 unspecified atom stereocenters. The average molecular weight is 197 g/mol. The van der Waals surface area contributed by atoms with Crippen LogP contribution in [0.3, 0.4) is 0 Å². The first-order valence-corrected chi connectivity index (χ1v) is 5.75. The zero-order valence-corrected chi connectivity index (χ0v) is 9.46. The summed E-state index contributed by atoms with van der Waals surface area (Å²) >= 11 is 0. The average Bonchev–Trinajstić information content (AvgIpc) is 2.59. The van der Waals surface area contributed by atoms with Crippen LogP contribution < -0.4 is 5.32 Å². The molecule has 1 saturated heterocycles. The lowest BCUT2D eigenvalue weighted by Gasteiger charge is -2.26. The van der Waals surface area contributed by atoms with Gasteiger partial charge in [0.25, 0.3) is 0 Å². The number of nitrogens with one attached hydrogen (secondary N) is 1. The van der Waals surface area contributed by atoms with Crippen LogP contribution in [0.1, 0.15) is 33.1 Å². The molecule has 2 nitrogen and oxygen atoms in total. The molecule has 0 amide bonds. The number of likely N-dealkylation sites (N-methyl/N-ethyl adjacent to an activating group) is 1. The predicted molar refractivity (Wildman–Crippen MR) is 60.4 cm³/mol. The van der Waals surface area contributed by atoms with Crippen molar-refractivity contribution >= 4 is 0 Å². The molecule has 2 heteroatoms. The molecule has 1 rings (SSSR count). The van der Waals surface area contributed by atoms with Crippen molar-refractivity contribution in [1.29, 1.82) is 0 Å². The van der Waals surface area contributed by atoms with Crippen LogP contribution in [-0.2, 0) is 4.74 Å². The second-order valence-electron chi connectivity index (χ2n) is 4.13. The molecule has 0 saturated carbocycles. The van der Waals surface area contributed by atoms with Gasteiger partial charge >= 0.3 is 0 Å². The van der Waals surface area contributed by atoms with E-state index in [4.69, 9.17) is 4.74 Å². The van der Waals surface area contributed by atoms with E-state index in [1.807, 2.05) is 6.08 Å². The quantitative estimate of drug-likeness (QED) is 0.660. The van der Waals surface area contributed by atoms with Crippen molar-refractivity contribution in [3.05, 3.63) is 12.7 Å². The van der Waals surface area contributed by atoms with Crippen LogP contribution in [0.2, 0.25) is 0 Å². The van der Waals surface area contributed by atoms with Gasteiger partial charge in [-0.25, -0.2) is 0 Å². The number of hydrogen-bond acceptors (Lipinski definition) is 2. The molecule has 0 aliphatic carbocycles. The van der Waals surface area contributed by atoms with Crippen molar-refractivity contribution in [3.8, 4) is 0 Å². The maximum absolute atomic E-state index is 5.78. The molecule has 0 spiro atoms. The Kier molecular flexibility index (Phi) is 5.20. The van der Waals surface area contributed by atoms with Crippen LogP contribution in [-0.4, -0.2) is 25.3 Å². The molecule has 1 N–H and O–H groups in total. The zero-order valence-electron chi connectivity index (χ0n) is 9.46. The van der Waals surface area contributed by atoms with Crippen molar-refractivity contribution in [3.63, 3.8) is 0 Å². The van der Waals surface area contributed by atoms with Crippen LogP contribution >= 0.6 is 0 Å². The first-order valence-electron chi connectivity index (χ1n) is 5.75. The molecule has 1 fully saturated rings. The number of allylic oxidation sites excluding steroid dienone is 1. The van der Waals surface area contributed by atoms with Crippen LogP contribution in [0, 0.1) is 5.92 Å². The van der Waals surface area contributed by atoms with E-state index in [1.54, 1.807) is 0 Å². The van der Waals surface area contributed by atoms with E-state index in [9.17, 15) is 0 Å². The van der Waals surface area contributed by atoms with Gasteiger partial charge in [0.15, 0.2) is 0 Å². The monoisotopic (exact) mass is 197 g/mol. The van der Waals surface area contributed by atoms with Gasteiger partial charge in [0.05, 0.1) is 6.10 Å². The van der Waals surface area contributed by atoms with Gasteiger partial charge in [-0.2, -0.15) is 0 Å². The van der Waals surface area contributed by atoms with Gasteiger partial charge in [-0.15, -0.1) is 6.58 Å². The summed E-state index contributed by atoms with van der Waals surface area (Å²) in [5.74, 6) is 0.698. The third-order valence-electron chi connectivity index (χ3n) is 2.99. The van der Waals surface area contributed by atoms with Crippen molar-refractivity contribution in [2.75, 3.05) is 13.2 Å². The van der Waals surface area contributed by atoms with E-state index in [1.165, 1.54) is 6.42 Å². The summed E-state index contributed by atoms with van der Waals surface area (Å²) < 4.78 is 5.78. The summed E-state index contributed by atoms with van der Waals surface area (Å²) in [6.07, 6.45) is 5.83. The summed E-state index contributed by atoms with van der Waals surface area (Å²) in [4.78, 5) is 0. The fourth-order valence-corrected chi connectivity index (χ4v) is 2.17. The SMILES string of the molecule is C=CCCC(NCC)C1OCCC1C. The molecule has 14 heavy (non-hydrogen) atoms. The van der Waals surface area contributed by atoms with E-state index in [0.29, 0.717) is 18.1 Å². The first kappa shape index (κ1) is 11.7. The van der Waals surface area contributed by atoms with Crippen LogP contribution in [0.25, 0.3) is 0 Å². The summed E-state index contributed by atoms with van der Waals surface area (Å²) in [5.41, 5.74) is 0. The number of rotatable bonds is 6. The highest BCUT2D eigenvalue weighted by molar-refractivity contribution is 4.86. The summed E-state index contributed by atoms with van der Waals surface area (Å²) in [5, 5.41) is 3.52. The normalized spacial score (nSPS) is 29.0. The standard InChI is InChI=1S/C12H23NO/c1-4-6-7-11(13-5-2)12-10(3)8-9-14-12/h4,10-13H,1,5-9H2,2-3H3. The molecule has 3 atom stereocenters. The Morgan fingerprint density at radius 1 is 1.64 bits per heavy atom. The highest BCUT2D eigenvalue weighted by Crippen LogP contribution is 2.24. The lowest BCUT2D eigenvalue weighted by Crippen LogP contribution is -2.42. The van der Waals surface area contributed by atoms with Gasteiger partial charge in [-0.05, 0) is 31.7 Å². The second kappa shape index (κ2) is 6.20. The minimum Gasteiger partial charge on any atom is -0.376 e. The summed E-state index contributed by atoms with van der Waals surface area (Å²) in [6, 6.07) is 0.510. The maximum atomic E-state index is 5.78. The van der Waals surface area contributed by atoms with E-state index >= 15 is 0 Å². The predicted octanol–water partition coefficient (Wildman–Crippen LogP) is 2.36. The highest BCUT2D eigenvalue weighted by atomic mass is 16.5.